The van der Waals surface area contributed by atoms with Crippen molar-refractivity contribution in [3.63, 3.8) is 0 Å². The number of carbonyl (C=O) groups is 2. The summed E-state index contributed by atoms with van der Waals surface area (Å²) in [5.74, 6) is -0.609. The second-order valence-electron chi connectivity index (χ2n) is 3.19. The molecule has 2 N–H and O–H groups in total. The van der Waals surface area contributed by atoms with Gasteiger partial charge in [-0.2, -0.15) is 0 Å². The van der Waals surface area contributed by atoms with Crippen LogP contribution in [0.5, 0.6) is 0 Å². The van der Waals surface area contributed by atoms with Gasteiger partial charge in [-0.3, -0.25) is 5.32 Å². The maximum absolute atomic E-state index is 11.5. The number of rotatable bonds is 3. The van der Waals surface area contributed by atoms with Gasteiger partial charge in [-0.25, -0.2) is 14.6 Å². The first-order chi connectivity index (χ1) is 9.08. The number of thiocarbonyl (C=S) groups is 1. The zero-order chi connectivity index (χ0) is 14.3. The van der Waals surface area contributed by atoms with E-state index in [2.05, 4.69) is 25.1 Å². The van der Waals surface area contributed by atoms with E-state index in [0.717, 1.165) is 0 Å². The van der Waals surface area contributed by atoms with Gasteiger partial charge in [0.15, 0.2) is 10.8 Å². The van der Waals surface area contributed by atoms with Crippen molar-refractivity contribution >= 4 is 35.1 Å². The number of pyridine rings is 1. The van der Waals surface area contributed by atoms with E-state index in [-0.39, 0.29) is 17.4 Å². The summed E-state index contributed by atoms with van der Waals surface area (Å²) >= 11 is 4.91. The number of nitrogens with zero attached hydrogens (tertiary/aromatic N) is 1. The minimum atomic E-state index is -0.677. The zero-order valence-electron chi connectivity index (χ0n) is 10.4. The maximum atomic E-state index is 11.5. The van der Waals surface area contributed by atoms with E-state index in [1.807, 2.05) is 0 Å². The summed E-state index contributed by atoms with van der Waals surface area (Å²) in [5.41, 5.74) is 0.397. The molecule has 1 rings (SSSR count). The smallest absolute Gasteiger partial charge is 0.413 e. The fraction of sp³-hybridized carbons (Fsp3) is 0.273. The van der Waals surface area contributed by atoms with Crippen molar-refractivity contribution in [2.45, 2.75) is 6.92 Å². The number of carbonyl (C=O) groups excluding carboxylic acids is 2. The highest BCUT2D eigenvalue weighted by Crippen LogP contribution is 2.12. The van der Waals surface area contributed by atoms with E-state index in [1.165, 1.54) is 13.3 Å². The lowest BCUT2D eigenvalue weighted by Crippen LogP contribution is -2.35. The first kappa shape index (κ1) is 14.8. The average Bonchev–Trinajstić information content (AvgIpc) is 2.38. The van der Waals surface area contributed by atoms with Crippen LogP contribution in [0, 0.1) is 0 Å². The number of anilines is 1. The van der Waals surface area contributed by atoms with Crippen LogP contribution in [0.15, 0.2) is 18.3 Å². The van der Waals surface area contributed by atoms with Gasteiger partial charge in [0.25, 0.3) is 0 Å². The van der Waals surface area contributed by atoms with E-state index in [9.17, 15) is 9.59 Å². The Morgan fingerprint density at radius 3 is 2.84 bits per heavy atom. The zero-order valence-corrected chi connectivity index (χ0v) is 11.2. The average molecular weight is 283 g/mol. The van der Waals surface area contributed by atoms with Crippen LogP contribution < -0.4 is 10.6 Å². The largest absolute Gasteiger partial charge is 0.464 e. The fourth-order valence-electron chi connectivity index (χ4n) is 1.18. The molecule has 0 unspecified atom stereocenters. The SMILES string of the molecule is CCOC(=O)NC(=S)Nc1cccnc1C(=O)OC. The van der Waals surface area contributed by atoms with Crippen molar-refractivity contribution in [3.8, 4) is 0 Å². The first-order valence-corrected chi connectivity index (χ1v) is 5.77. The van der Waals surface area contributed by atoms with Crippen molar-refractivity contribution in [1.82, 2.24) is 10.3 Å². The monoisotopic (exact) mass is 283 g/mol. The van der Waals surface area contributed by atoms with Crippen LogP contribution in [0.1, 0.15) is 17.4 Å². The number of esters is 1. The van der Waals surface area contributed by atoms with Gasteiger partial charge in [-0.15, -0.1) is 0 Å². The van der Waals surface area contributed by atoms with Gasteiger partial charge in [-0.1, -0.05) is 0 Å². The molecule has 0 saturated heterocycles. The lowest BCUT2D eigenvalue weighted by Gasteiger charge is -2.11. The highest BCUT2D eigenvalue weighted by molar-refractivity contribution is 7.80. The van der Waals surface area contributed by atoms with Crippen molar-refractivity contribution in [2.24, 2.45) is 0 Å². The topological polar surface area (TPSA) is 89.5 Å². The third-order valence-electron chi connectivity index (χ3n) is 1.93. The first-order valence-electron chi connectivity index (χ1n) is 5.36. The summed E-state index contributed by atoms with van der Waals surface area (Å²) in [6.07, 6.45) is 0.766. The Kier molecular flexibility index (Phi) is 5.68. The van der Waals surface area contributed by atoms with Gasteiger partial charge in [0, 0.05) is 6.20 Å². The lowest BCUT2D eigenvalue weighted by molar-refractivity contribution is 0.0595. The molecule has 0 radical (unpaired) electrons. The quantitative estimate of drug-likeness (QED) is 0.638. The number of hydrogen-bond donors (Lipinski definition) is 2. The molecule has 102 valence electrons. The van der Waals surface area contributed by atoms with Gasteiger partial charge < -0.3 is 14.8 Å². The van der Waals surface area contributed by atoms with E-state index < -0.39 is 12.1 Å². The standard InChI is InChI=1S/C11H13N3O4S/c1-3-18-11(16)14-10(19)13-7-5-4-6-12-8(7)9(15)17-2/h4-6H,3H2,1-2H3,(H2,13,14,16,19). The van der Waals surface area contributed by atoms with Crippen LogP contribution in [0.3, 0.4) is 0 Å². The van der Waals surface area contributed by atoms with Crippen molar-refractivity contribution < 1.29 is 19.1 Å². The second kappa shape index (κ2) is 7.27. The number of hydrogen-bond acceptors (Lipinski definition) is 6. The Labute approximate surface area is 115 Å². The Morgan fingerprint density at radius 1 is 1.47 bits per heavy atom. The molecule has 7 nitrogen and oxygen atoms in total. The molecule has 0 spiro atoms. The fourth-order valence-corrected chi connectivity index (χ4v) is 1.37. The van der Waals surface area contributed by atoms with Gasteiger partial charge in [-0.05, 0) is 31.3 Å². The number of ether oxygens (including phenoxy) is 2. The van der Waals surface area contributed by atoms with Crippen LogP contribution >= 0.6 is 12.2 Å². The molecule has 19 heavy (non-hydrogen) atoms. The second-order valence-corrected chi connectivity index (χ2v) is 3.60. The number of alkyl carbamates (subject to hydrolysis) is 1. The molecule has 0 aliphatic carbocycles. The summed E-state index contributed by atoms with van der Waals surface area (Å²) in [5, 5.41) is 4.96. The van der Waals surface area contributed by atoms with E-state index in [1.54, 1.807) is 19.1 Å². The van der Waals surface area contributed by atoms with E-state index >= 15 is 0 Å². The number of nitrogens with one attached hydrogen (secondary N) is 2. The molecule has 0 bridgehead atoms. The summed E-state index contributed by atoms with van der Waals surface area (Å²) in [6, 6.07) is 3.19. The van der Waals surface area contributed by atoms with Crippen molar-refractivity contribution in [2.75, 3.05) is 19.0 Å². The van der Waals surface area contributed by atoms with Gasteiger partial charge in [0.2, 0.25) is 0 Å². The highest BCUT2D eigenvalue weighted by atomic mass is 32.1. The van der Waals surface area contributed by atoms with Crippen LogP contribution in [-0.2, 0) is 9.47 Å². The minimum absolute atomic E-state index is 0.00315. The lowest BCUT2D eigenvalue weighted by atomic mass is 10.3. The Balaban J connectivity index is 2.74. The Morgan fingerprint density at radius 2 is 2.21 bits per heavy atom. The molecule has 0 saturated carbocycles. The van der Waals surface area contributed by atoms with E-state index in [4.69, 9.17) is 12.2 Å². The molecular formula is C11H13N3O4S. The van der Waals surface area contributed by atoms with Crippen LogP contribution in [-0.4, -0.2) is 35.9 Å². The summed E-state index contributed by atoms with van der Waals surface area (Å²) < 4.78 is 9.25. The predicted octanol–water partition coefficient (Wildman–Crippen LogP) is 1.31. The molecule has 1 heterocycles. The van der Waals surface area contributed by atoms with Gasteiger partial charge >= 0.3 is 12.1 Å². The predicted molar refractivity (Wildman–Crippen MR) is 72.0 cm³/mol. The molecule has 8 heteroatoms. The molecule has 0 aliphatic heterocycles. The summed E-state index contributed by atoms with van der Waals surface area (Å²) in [7, 11) is 1.25. The molecular weight excluding hydrogens is 270 g/mol. The summed E-state index contributed by atoms with van der Waals surface area (Å²) in [4.78, 5) is 26.5. The molecule has 1 amide bonds. The minimum Gasteiger partial charge on any atom is -0.464 e. The van der Waals surface area contributed by atoms with E-state index in [0.29, 0.717) is 5.69 Å². The normalized spacial score (nSPS) is 9.37. The number of amides is 1. The molecule has 1 aromatic heterocycles. The third kappa shape index (κ3) is 4.51. The Bertz CT molecular complexity index is 493. The number of aromatic nitrogens is 1. The molecule has 0 aromatic carbocycles. The van der Waals surface area contributed by atoms with Crippen LogP contribution in [0.4, 0.5) is 10.5 Å². The molecule has 0 aliphatic rings. The van der Waals surface area contributed by atoms with Gasteiger partial charge in [0.1, 0.15) is 0 Å². The molecule has 1 aromatic rings. The summed E-state index contributed by atoms with van der Waals surface area (Å²) in [6.45, 7) is 1.90. The maximum Gasteiger partial charge on any atom is 0.413 e. The van der Waals surface area contributed by atoms with Crippen molar-refractivity contribution in [3.05, 3.63) is 24.0 Å². The Hall–Kier alpha value is -2.22. The van der Waals surface area contributed by atoms with Crippen LogP contribution in [0.25, 0.3) is 0 Å². The van der Waals surface area contributed by atoms with Crippen molar-refractivity contribution in [1.29, 1.82) is 0 Å². The third-order valence-corrected chi connectivity index (χ3v) is 2.13. The molecule has 0 atom stereocenters. The molecule has 0 fully saturated rings. The number of methoxy groups -OCH3 is 1. The van der Waals surface area contributed by atoms with Gasteiger partial charge in [0.05, 0.1) is 19.4 Å². The highest BCUT2D eigenvalue weighted by Gasteiger charge is 2.14. The van der Waals surface area contributed by atoms with Crippen LogP contribution in [0.2, 0.25) is 0 Å².